The Morgan fingerprint density at radius 2 is 1.94 bits per heavy atom. The molecule has 166 valence electrons. The van der Waals surface area contributed by atoms with Crippen LogP contribution in [-0.4, -0.2) is 38.4 Å². The molecule has 0 saturated heterocycles. The molecule has 0 aliphatic heterocycles. The highest BCUT2D eigenvalue weighted by Gasteiger charge is 2.26. The molecule has 9 nitrogen and oxygen atoms in total. The average Bonchev–Trinajstić information content (AvgIpc) is 3.08. The Balaban J connectivity index is 1.81. The van der Waals surface area contributed by atoms with Crippen molar-refractivity contribution < 1.29 is 14.0 Å². The van der Waals surface area contributed by atoms with E-state index in [1.54, 1.807) is 30.8 Å². The van der Waals surface area contributed by atoms with E-state index in [-0.39, 0.29) is 36.2 Å². The van der Waals surface area contributed by atoms with Crippen LogP contribution in [0.25, 0.3) is 11.2 Å². The van der Waals surface area contributed by atoms with E-state index >= 15 is 0 Å². The zero-order chi connectivity index (χ0) is 22.0. The molecule has 2 heterocycles. The maximum Gasteiger partial charge on any atom is 0.332 e. The number of fused-ring (bicyclic) bond motifs is 1. The summed E-state index contributed by atoms with van der Waals surface area (Å²) in [6, 6.07) is 6.36. The van der Waals surface area contributed by atoms with Gasteiger partial charge in [-0.3, -0.25) is 18.5 Å². The molecule has 0 radical (unpaired) electrons. The van der Waals surface area contributed by atoms with Gasteiger partial charge in [0.25, 0.3) is 11.6 Å². The van der Waals surface area contributed by atoms with Crippen molar-refractivity contribution in [2.24, 2.45) is 7.05 Å². The van der Waals surface area contributed by atoms with E-state index in [0.29, 0.717) is 19.0 Å². The van der Waals surface area contributed by atoms with E-state index in [1.165, 1.54) is 21.3 Å². The van der Waals surface area contributed by atoms with Gasteiger partial charge in [0.2, 0.25) is 0 Å². The maximum absolute atomic E-state index is 13.4. The number of aromatic nitrogens is 4. The largest absolute Gasteiger partial charge is 0.461 e. The molecule has 0 atom stereocenters. The first-order valence-electron chi connectivity index (χ1n) is 10.4. The van der Waals surface area contributed by atoms with Crippen LogP contribution in [0.5, 0.6) is 6.01 Å². The van der Waals surface area contributed by atoms with E-state index in [9.17, 15) is 14.0 Å². The van der Waals surface area contributed by atoms with Crippen LogP contribution >= 0.6 is 0 Å². The summed E-state index contributed by atoms with van der Waals surface area (Å²) < 4.78 is 23.7. The number of aryl methyl sites for hydroxylation is 1. The molecule has 31 heavy (non-hydrogen) atoms. The summed E-state index contributed by atoms with van der Waals surface area (Å²) in [5.74, 6) is -0.335. The van der Waals surface area contributed by atoms with Crippen molar-refractivity contribution in [1.29, 1.82) is 0 Å². The molecular weight excluding hydrogens is 405 g/mol. The van der Waals surface area contributed by atoms with E-state index in [4.69, 9.17) is 9.57 Å². The quantitative estimate of drug-likeness (QED) is 0.408. The van der Waals surface area contributed by atoms with Gasteiger partial charge in [-0.1, -0.05) is 12.1 Å². The van der Waals surface area contributed by atoms with Crippen molar-refractivity contribution in [2.75, 3.05) is 13.7 Å². The summed E-state index contributed by atoms with van der Waals surface area (Å²) >= 11 is 0. The second kappa shape index (κ2) is 9.03. The number of imidazole rings is 1. The second-order valence-electron chi connectivity index (χ2n) is 7.65. The number of benzene rings is 1. The van der Waals surface area contributed by atoms with Crippen molar-refractivity contribution in [3.63, 3.8) is 0 Å². The lowest BCUT2D eigenvalue weighted by atomic mass is 9.96. The third-order valence-electron chi connectivity index (χ3n) is 5.55. The molecule has 0 unspecified atom stereocenters. The number of nitrogens with one attached hydrogen (secondary N) is 1. The maximum atomic E-state index is 13.4. The number of halogens is 1. The monoisotopic (exact) mass is 431 g/mol. The molecule has 2 aromatic heterocycles. The molecule has 0 spiro atoms. The smallest absolute Gasteiger partial charge is 0.332 e. The summed E-state index contributed by atoms with van der Waals surface area (Å²) in [5, 5.41) is 0. The molecular formula is C21H26FN5O4. The molecule has 3 aromatic rings. The van der Waals surface area contributed by atoms with Gasteiger partial charge in [-0.15, -0.1) is 0 Å². The first kappa shape index (κ1) is 21.3. The van der Waals surface area contributed by atoms with Crippen molar-refractivity contribution in [2.45, 2.75) is 44.9 Å². The molecule has 1 N–H and O–H groups in total. The highest BCUT2D eigenvalue weighted by molar-refractivity contribution is 5.72. The third kappa shape index (κ3) is 4.26. The summed E-state index contributed by atoms with van der Waals surface area (Å²) in [4.78, 5) is 35.7. The summed E-state index contributed by atoms with van der Waals surface area (Å²) in [5.41, 5.74) is 3.05. The number of hydrogen-bond acceptors (Lipinski definition) is 6. The first-order chi connectivity index (χ1) is 15.0. The lowest BCUT2D eigenvalue weighted by molar-refractivity contribution is 0.0539. The molecule has 1 aliphatic rings. The molecule has 1 fully saturated rings. The standard InChI is InChI=1S/C21H26FN5O4/c1-23-30-12-4-11-26-19(28)17-18(25(2)21(26)29)24-20(31-16-5-3-6-16)27(17)13-14-7-9-15(22)10-8-14/h7-10,16,23H,3-6,11-13H2,1-2H3. The van der Waals surface area contributed by atoms with Crippen LogP contribution in [0.3, 0.4) is 0 Å². The lowest BCUT2D eigenvalue weighted by Gasteiger charge is -2.25. The van der Waals surface area contributed by atoms with Crippen LogP contribution in [0, 0.1) is 5.82 Å². The van der Waals surface area contributed by atoms with E-state index < -0.39 is 11.2 Å². The Morgan fingerprint density at radius 1 is 1.19 bits per heavy atom. The molecule has 0 bridgehead atoms. The summed E-state index contributed by atoms with van der Waals surface area (Å²) in [6.45, 7) is 0.841. The van der Waals surface area contributed by atoms with E-state index in [2.05, 4.69) is 10.5 Å². The number of hydroxylamine groups is 1. The van der Waals surface area contributed by atoms with Crippen LogP contribution < -0.4 is 21.5 Å². The van der Waals surface area contributed by atoms with Crippen LogP contribution in [0.2, 0.25) is 0 Å². The molecule has 4 rings (SSSR count). The van der Waals surface area contributed by atoms with Gasteiger partial charge in [0.05, 0.1) is 13.2 Å². The predicted molar refractivity (Wildman–Crippen MR) is 113 cm³/mol. The Morgan fingerprint density at radius 3 is 2.58 bits per heavy atom. The van der Waals surface area contributed by atoms with Crippen LogP contribution in [-0.2, 0) is 25.0 Å². The molecule has 0 amide bonds. The van der Waals surface area contributed by atoms with Crippen molar-refractivity contribution >= 4 is 11.2 Å². The van der Waals surface area contributed by atoms with Gasteiger partial charge in [-0.25, -0.2) is 14.7 Å². The molecule has 10 heteroatoms. The average molecular weight is 431 g/mol. The second-order valence-corrected chi connectivity index (χ2v) is 7.65. The van der Waals surface area contributed by atoms with Gasteiger partial charge in [-0.05, 0) is 43.4 Å². The fourth-order valence-electron chi connectivity index (χ4n) is 3.59. The van der Waals surface area contributed by atoms with Gasteiger partial charge in [-0.2, -0.15) is 4.98 Å². The minimum atomic E-state index is -0.441. The molecule has 1 aliphatic carbocycles. The lowest BCUT2D eigenvalue weighted by Crippen LogP contribution is -2.40. The van der Waals surface area contributed by atoms with Crippen molar-refractivity contribution in [3.05, 3.63) is 56.5 Å². The zero-order valence-electron chi connectivity index (χ0n) is 17.6. The summed E-state index contributed by atoms with van der Waals surface area (Å²) in [7, 11) is 3.24. The summed E-state index contributed by atoms with van der Waals surface area (Å²) in [6.07, 6.45) is 3.46. The van der Waals surface area contributed by atoms with Crippen molar-refractivity contribution in [3.8, 4) is 6.01 Å². The van der Waals surface area contributed by atoms with Gasteiger partial charge in [0.15, 0.2) is 11.2 Å². The highest BCUT2D eigenvalue weighted by atomic mass is 19.1. The Bertz CT molecular complexity index is 1180. The fraction of sp³-hybridized carbons (Fsp3) is 0.476. The number of hydrogen-bond donors (Lipinski definition) is 1. The van der Waals surface area contributed by atoms with Gasteiger partial charge in [0.1, 0.15) is 11.9 Å². The van der Waals surface area contributed by atoms with Crippen LogP contribution in [0.15, 0.2) is 33.9 Å². The minimum absolute atomic E-state index is 0.0433. The van der Waals surface area contributed by atoms with Gasteiger partial charge >= 0.3 is 5.69 Å². The Labute approximate surface area is 178 Å². The fourth-order valence-corrected chi connectivity index (χ4v) is 3.59. The number of ether oxygens (including phenoxy) is 1. The predicted octanol–water partition coefficient (Wildman–Crippen LogP) is 1.56. The van der Waals surface area contributed by atoms with Gasteiger partial charge < -0.3 is 9.57 Å². The SMILES string of the molecule is CNOCCCn1c(=O)c2c(nc(OC3CCC3)n2Cc2ccc(F)cc2)n(C)c1=O. The Hall–Kier alpha value is -2.98. The third-order valence-corrected chi connectivity index (χ3v) is 5.55. The normalized spacial score (nSPS) is 14.2. The number of rotatable bonds is 9. The van der Waals surface area contributed by atoms with E-state index in [1.807, 2.05) is 0 Å². The Kier molecular flexibility index (Phi) is 6.19. The minimum Gasteiger partial charge on any atom is -0.461 e. The van der Waals surface area contributed by atoms with Crippen LogP contribution in [0.4, 0.5) is 4.39 Å². The number of nitrogens with zero attached hydrogens (tertiary/aromatic N) is 4. The molecule has 1 saturated carbocycles. The van der Waals surface area contributed by atoms with Gasteiger partial charge in [0, 0.05) is 20.6 Å². The van der Waals surface area contributed by atoms with Crippen molar-refractivity contribution in [1.82, 2.24) is 24.2 Å². The first-order valence-corrected chi connectivity index (χ1v) is 10.4. The highest BCUT2D eigenvalue weighted by Crippen LogP contribution is 2.27. The van der Waals surface area contributed by atoms with Crippen LogP contribution in [0.1, 0.15) is 31.2 Å². The zero-order valence-corrected chi connectivity index (χ0v) is 17.6. The van der Waals surface area contributed by atoms with E-state index in [0.717, 1.165) is 24.8 Å². The topological polar surface area (TPSA) is 92.3 Å². The molecule has 1 aromatic carbocycles.